The van der Waals surface area contributed by atoms with E-state index in [1.54, 1.807) is 31.2 Å². The topological polar surface area (TPSA) is 142 Å². The van der Waals surface area contributed by atoms with Gasteiger partial charge < -0.3 is 14.2 Å². The zero-order valence-electron chi connectivity index (χ0n) is 18.4. The predicted octanol–water partition coefficient (Wildman–Crippen LogP) is 3.10. The SMILES string of the molecule is COC(=O)/C=C1/S/C(=N\N=Cc2ccc(OC)c(COc3ccc([N+](=O)[O-])c(C)c3)c2)NC1=O. The van der Waals surface area contributed by atoms with Crippen LogP contribution in [0.3, 0.4) is 0 Å². The Kier molecular flexibility index (Phi) is 7.98. The van der Waals surface area contributed by atoms with Crippen molar-refractivity contribution in [3.8, 4) is 11.5 Å². The largest absolute Gasteiger partial charge is 0.496 e. The first-order valence-corrected chi connectivity index (χ1v) is 10.6. The molecule has 1 heterocycles. The monoisotopic (exact) mass is 484 g/mol. The lowest BCUT2D eigenvalue weighted by Gasteiger charge is -2.11. The number of hydrogen-bond acceptors (Lipinski definition) is 10. The van der Waals surface area contributed by atoms with Crippen LogP contribution in [-0.2, 0) is 20.9 Å². The fraction of sp³-hybridized carbons (Fsp3) is 0.182. The van der Waals surface area contributed by atoms with E-state index >= 15 is 0 Å². The molecule has 1 fully saturated rings. The number of nitro benzene ring substituents is 1. The van der Waals surface area contributed by atoms with Crippen LogP contribution in [0.25, 0.3) is 0 Å². The van der Waals surface area contributed by atoms with Gasteiger partial charge in [-0.05, 0) is 54.6 Å². The summed E-state index contributed by atoms with van der Waals surface area (Å²) in [4.78, 5) is 33.8. The van der Waals surface area contributed by atoms with Crippen LogP contribution >= 0.6 is 11.8 Å². The van der Waals surface area contributed by atoms with Crippen LogP contribution in [0, 0.1) is 17.0 Å². The van der Waals surface area contributed by atoms with E-state index in [-0.39, 0.29) is 22.4 Å². The molecule has 0 atom stereocenters. The van der Waals surface area contributed by atoms with Gasteiger partial charge in [0.1, 0.15) is 18.1 Å². The second-order valence-corrected chi connectivity index (χ2v) is 7.83. The van der Waals surface area contributed by atoms with E-state index in [4.69, 9.17) is 9.47 Å². The number of nitrogens with zero attached hydrogens (tertiary/aromatic N) is 3. The van der Waals surface area contributed by atoms with Gasteiger partial charge in [0.2, 0.25) is 0 Å². The number of carbonyl (C=O) groups is 2. The molecule has 0 spiro atoms. The van der Waals surface area contributed by atoms with Crippen LogP contribution in [0.5, 0.6) is 11.5 Å². The Morgan fingerprint density at radius 2 is 2.03 bits per heavy atom. The number of amides is 1. The second kappa shape index (κ2) is 11.1. The Labute approximate surface area is 198 Å². The Bertz CT molecular complexity index is 1220. The van der Waals surface area contributed by atoms with Gasteiger partial charge in [0.15, 0.2) is 5.17 Å². The molecule has 11 nitrogen and oxygen atoms in total. The van der Waals surface area contributed by atoms with Crippen LogP contribution in [-0.4, -0.2) is 42.4 Å². The van der Waals surface area contributed by atoms with Crippen molar-refractivity contribution in [2.45, 2.75) is 13.5 Å². The third-order valence-corrected chi connectivity index (χ3v) is 5.42. The summed E-state index contributed by atoms with van der Waals surface area (Å²) >= 11 is 0.970. The van der Waals surface area contributed by atoms with Gasteiger partial charge in [0, 0.05) is 23.3 Å². The molecular weight excluding hydrogens is 464 g/mol. The lowest BCUT2D eigenvalue weighted by Crippen LogP contribution is -2.19. The summed E-state index contributed by atoms with van der Waals surface area (Å²) in [5, 5.41) is 21.6. The molecule has 12 heteroatoms. The standard InChI is InChI=1S/C22H20N4O7S/c1-13-8-16(5-6-17(13)26(29)30)33-12-15-9-14(4-7-18(15)31-2)11-23-25-22-24-21(28)19(34-22)10-20(27)32-3/h4-11H,12H2,1-3H3,(H,24,25,28)/b19-10+,23-11?. The highest BCUT2D eigenvalue weighted by atomic mass is 32.2. The molecule has 0 aromatic heterocycles. The molecule has 0 bridgehead atoms. The van der Waals surface area contributed by atoms with Gasteiger partial charge in [-0.3, -0.25) is 20.2 Å². The lowest BCUT2D eigenvalue weighted by molar-refractivity contribution is -0.385. The second-order valence-electron chi connectivity index (χ2n) is 6.80. The van der Waals surface area contributed by atoms with Crippen molar-refractivity contribution in [3.05, 3.63) is 74.2 Å². The van der Waals surface area contributed by atoms with Gasteiger partial charge in [-0.2, -0.15) is 5.10 Å². The van der Waals surface area contributed by atoms with Crippen molar-refractivity contribution in [3.63, 3.8) is 0 Å². The van der Waals surface area contributed by atoms with E-state index < -0.39 is 16.8 Å². The molecule has 176 valence electrons. The highest BCUT2D eigenvalue weighted by Gasteiger charge is 2.25. The van der Waals surface area contributed by atoms with E-state index in [2.05, 4.69) is 20.3 Å². The summed E-state index contributed by atoms with van der Waals surface area (Å²) in [6.45, 7) is 1.80. The lowest BCUT2D eigenvalue weighted by atomic mass is 10.1. The van der Waals surface area contributed by atoms with Crippen LogP contribution in [0.1, 0.15) is 16.7 Å². The van der Waals surface area contributed by atoms with Gasteiger partial charge in [-0.1, -0.05) is 0 Å². The molecule has 1 N–H and O–H groups in total. The first kappa shape index (κ1) is 24.5. The number of aryl methyl sites for hydroxylation is 1. The van der Waals surface area contributed by atoms with Crippen molar-refractivity contribution in [2.75, 3.05) is 14.2 Å². The number of nitro groups is 1. The number of thioether (sulfide) groups is 1. The van der Waals surface area contributed by atoms with Crippen molar-refractivity contribution in [2.24, 2.45) is 10.2 Å². The van der Waals surface area contributed by atoms with E-state index in [0.717, 1.165) is 23.4 Å². The molecule has 3 rings (SSSR count). The average Bonchev–Trinajstić information content (AvgIpc) is 3.16. The number of ether oxygens (including phenoxy) is 3. The van der Waals surface area contributed by atoms with E-state index in [1.165, 1.54) is 32.6 Å². The summed E-state index contributed by atoms with van der Waals surface area (Å²) in [6.07, 6.45) is 2.56. The molecule has 0 radical (unpaired) electrons. The predicted molar refractivity (Wildman–Crippen MR) is 126 cm³/mol. The Morgan fingerprint density at radius 3 is 2.71 bits per heavy atom. The molecule has 2 aromatic carbocycles. The highest BCUT2D eigenvalue weighted by molar-refractivity contribution is 8.18. The summed E-state index contributed by atoms with van der Waals surface area (Å²) < 4.78 is 15.7. The van der Waals surface area contributed by atoms with E-state index in [9.17, 15) is 19.7 Å². The molecule has 2 aromatic rings. The Balaban J connectivity index is 1.70. The molecule has 1 aliphatic rings. The summed E-state index contributed by atoms with van der Waals surface area (Å²) in [5.74, 6) is -0.0206. The average molecular weight is 484 g/mol. The zero-order chi connectivity index (χ0) is 24.7. The molecule has 1 saturated heterocycles. The summed E-state index contributed by atoms with van der Waals surface area (Å²) in [7, 11) is 2.76. The molecule has 0 aliphatic carbocycles. The number of amidine groups is 1. The van der Waals surface area contributed by atoms with Gasteiger partial charge in [0.25, 0.3) is 11.6 Å². The fourth-order valence-electron chi connectivity index (χ4n) is 2.86. The van der Waals surface area contributed by atoms with Crippen molar-refractivity contribution < 1.29 is 28.7 Å². The first-order valence-electron chi connectivity index (χ1n) is 9.75. The van der Waals surface area contributed by atoms with E-state index in [1.807, 2.05) is 0 Å². The van der Waals surface area contributed by atoms with Crippen LogP contribution < -0.4 is 14.8 Å². The maximum Gasteiger partial charge on any atom is 0.331 e. The minimum absolute atomic E-state index is 0.0225. The number of methoxy groups -OCH3 is 2. The minimum Gasteiger partial charge on any atom is -0.496 e. The fourth-order valence-corrected chi connectivity index (χ4v) is 3.60. The Morgan fingerprint density at radius 1 is 1.24 bits per heavy atom. The van der Waals surface area contributed by atoms with Gasteiger partial charge in [-0.25, -0.2) is 4.79 Å². The van der Waals surface area contributed by atoms with Crippen molar-refractivity contribution in [1.29, 1.82) is 0 Å². The number of esters is 1. The van der Waals surface area contributed by atoms with Gasteiger partial charge in [0.05, 0.1) is 30.3 Å². The van der Waals surface area contributed by atoms with Crippen LogP contribution in [0.15, 0.2) is 57.6 Å². The number of carbonyl (C=O) groups excluding carboxylic acids is 2. The quantitative estimate of drug-likeness (QED) is 0.198. The molecule has 0 unspecified atom stereocenters. The van der Waals surface area contributed by atoms with Crippen LogP contribution in [0.4, 0.5) is 5.69 Å². The molecule has 34 heavy (non-hydrogen) atoms. The molecule has 1 amide bonds. The molecule has 1 aliphatic heterocycles. The maximum absolute atomic E-state index is 11.8. The highest BCUT2D eigenvalue weighted by Crippen LogP contribution is 2.26. The van der Waals surface area contributed by atoms with Crippen molar-refractivity contribution in [1.82, 2.24) is 5.32 Å². The van der Waals surface area contributed by atoms with E-state index in [0.29, 0.717) is 22.6 Å². The first-order chi connectivity index (χ1) is 16.3. The maximum atomic E-state index is 11.8. The molecule has 0 saturated carbocycles. The summed E-state index contributed by atoms with van der Waals surface area (Å²) in [5.41, 5.74) is 1.94. The number of rotatable bonds is 8. The van der Waals surface area contributed by atoms with Gasteiger partial charge >= 0.3 is 5.97 Å². The number of hydrogen-bond donors (Lipinski definition) is 1. The number of benzene rings is 2. The minimum atomic E-state index is -0.640. The molecular formula is C22H20N4O7S. The van der Waals surface area contributed by atoms with Gasteiger partial charge in [-0.15, -0.1) is 5.10 Å². The number of nitrogens with one attached hydrogen (secondary N) is 1. The van der Waals surface area contributed by atoms with Crippen LogP contribution in [0.2, 0.25) is 0 Å². The third kappa shape index (κ3) is 6.19. The summed E-state index contributed by atoms with van der Waals surface area (Å²) in [6, 6.07) is 9.85. The Hall–Kier alpha value is -4.19. The normalized spacial score (nSPS) is 15.6. The zero-order valence-corrected chi connectivity index (χ0v) is 19.3. The van der Waals surface area contributed by atoms with Crippen molar-refractivity contribution >= 4 is 40.7 Å². The third-order valence-electron chi connectivity index (χ3n) is 4.52. The smallest absolute Gasteiger partial charge is 0.331 e.